The summed E-state index contributed by atoms with van der Waals surface area (Å²) >= 11 is 0. The first-order valence-electron chi connectivity index (χ1n) is 9.72. The molecule has 0 saturated carbocycles. The average Bonchev–Trinajstić information content (AvgIpc) is 2.97. The number of carbonyl (C=O) groups is 1. The van der Waals surface area contributed by atoms with Crippen molar-refractivity contribution in [3.63, 3.8) is 0 Å². The molecule has 8 nitrogen and oxygen atoms in total. The molecule has 2 aromatic heterocycles. The Balaban J connectivity index is 1.37. The Bertz CT molecular complexity index is 770. The second kappa shape index (κ2) is 8.04. The number of carbonyl (C=O) groups excluding carboxylic acids is 1. The number of hydrogen-bond donors (Lipinski definition) is 1. The van der Waals surface area contributed by atoms with Crippen LogP contribution in [0.2, 0.25) is 0 Å². The fraction of sp³-hybridized carbons (Fsp3) is 0.579. The number of likely N-dealkylation sites (tertiary alicyclic amines) is 1. The van der Waals surface area contributed by atoms with Gasteiger partial charge in [0, 0.05) is 51.4 Å². The molecule has 0 spiro atoms. The maximum atomic E-state index is 12.4. The van der Waals surface area contributed by atoms with E-state index in [1.807, 2.05) is 11.0 Å². The fourth-order valence-corrected chi connectivity index (χ4v) is 3.78. The zero-order valence-corrected chi connectivity index (χ0v) is 15.5. The first kappa shape index (κ1) is 17.9. The second-order valence-electron chi connectivity index (χ2n) is 7.29. The number of aryl methyl sites for hydroxylation is 2. The van der Waals surface area contributed by atoms with E-state index in [2.05, 4.69) is 25.6 Å². The van der Waals surface area contributed by atoms with E-state index < -0.39 is 0 Å². The van der Waals surface area contributed by atoms with E-state index in [9.17, 15) is 9.90 Å². The van der Waals surface area contributed by atoms with Gasteiger partial charge in [0.05, 0.1) is 24.0 Å². The zero-order chi connectivity index (χ0) is 18.6. The summed E-state index contributed by atoms with van der Waals surface area (Å²) in [6.45, 7) is 3.82. The Morgan fingerprint density at radius 2 is 1.93 bits per heavy atom. The molecule has 0 unspecified atom stereocenters. The quantitative estimate of drug-likeness (QED) is 0.864. The molecule has 2 aliphatic heterocycles. The van der Waals surface area contributed by atoms with Crippen molar-refractivity contribution in [1.29, 1.82) is 0 Å². The van der Waals surface area contributed by atoms with Crippen molar-refractivity contribution in [3.8, 4) is 0 Å². The number of piperidine rings is 1. The van der Waals surface area contributed by atoms with Crippen LogP contribution in [0.25, 0.3) is 0 Å². The average molecular weight is 370 g/mol. The highest BCUT2D eigenvalue weighted by Gasteiger charge is 2.22. The molecule has 0 aromatic carbocycles. The minimum absolute atomic E-state index is 0.157. The summed E-state index contributed by atoms with van der Waals surface area (Å²) in [4.78, 5) is 25.2. The summed E-state index contributed by atoms with van der Waals surface area (Å²) in [5.41, 5.74) is 2.11. The van der Waals surface area contributed by atoms with Gasteiger partial charge in [-0.2, -0.15) is 5.10 Å². The van der Waals surface area contributed by atoms with Crippen molar-refractivity contribution in [1.82, 2.24) is 24.6 Å². The Hall–Kier alpha value is -2.48. The van der Waals surface area contributed by atoms with Crippen LogP contribution in [0, 0.1) is 0 Å². The largest absolute Gasteiger partial charge is 0.393 e. The monoisotopic (exact) mass is 370 g/mol. The molecule has 4 rings (SSSR count). The summed E-state index contributed by atoms with van der Waals surface area (Å²) in [6, 6.07) is 3.93. The van der Waals surface area contributed by atoms with Gasteiger partial charge in [0.25, 0.3) is 0 Å². The highest BCUT2D eigenvalue weighted by molar-refractivity contribution is 5.76. The number of rotatable bonds is 4. The number of anilines is 1. The normalized spacial score (nSPS) is 18.3. The van der Waals surface area contributed by atoms with Crippen LogP contribution in [0.5, 0.6) is 0 Å². The summed E-state index contributed by atoms with van der Waals surface area (Å²) in [7, 11) is 0. The van der Waals surface area contributed by atoms with Crippen molar-refractivity contribution in [2.24, 2.45) is 0 Å². The Labute approximate surface area is 158 Å². The molecule has 8 heteroatoms. The van der Waals surface area contributed by atoms with Crippen LogP contribution in [-0.2, 0) is 24.3 Å². The lowest BCUT2D eigenvalue weighted by Crippen LogP contribution is -2.40. The van der Waals surface area contributed by atoms with Gasteiger partial charge in [-0.05, 0) is 31.4 Å². The van der Waals surface area contributed by atoms with Crippen LogP contribution in [0.1, 0.15) is 37.1 Å². The second-order valence-corrected chi connectivity index (χ2v) is 7.29. The van der Waals surface area contributed by atoms with E-state index in [4.69, 9.17) is 5.10 Å². The van der Waals surface area contributed by atoms with Crippen LogP contribution in [0.4, 0.5) is 5.95 Å². The van der Waals surface area contributed by atoms with Crippen LogP contribution in [0.3, 0.4) is 0 Å². The van der Waals surface area contributed by atoms with Gasteiger partial charge >= 0.3 is 0 Å². The van der Waals surface area contributed by atoms with Gasteiger partial charge in [-0.1, -0.05) is 0 Å². The molecule has 1 saturated heterocycles. The number of aliphatic hydroxyl groups excluding tert-OH is 1. The first-order valence-corrected chi connectivity index (χ1v) is 9.72. The molecule has 4 heterocycles. The van der Waals surface area contributed by atoms with Gasteiger partial charge in [0.2, 0.25) is 11.9 Å². The van der Waals surface area contributed by atoms with Crippen molar-refractivity contribution in [2.75, 3.05) is 24.5 Å². The molecule has 27 heavy (non-hydrogen) atoms. The number of hydrogen-bond acceptors (Lipinski definition) is 6. The van der Waals surface area contributed by atoms with Gasteiger partial charge < -0.3 is 14.9 Å². The van der Waals surface area contributed by atoms with E-state index in [1.165, 1.54) is 0 Å². The first-order chi connectivity index (χ1) is 13.2. The highest BCUT2D eigenvalue weighted by Crippen LogP contribution is 2.19. The van der Waals surface area contributed by atoms with Gasteiger partial charge in [-0.3, -0.25) is 9.48 Å². The molecule has 0 radical (unpaired) electrons. The Kier molecular flexibility index (Phi) is 5.33. The molecule has 2 aromatic rings. The van der Waals surface area contributed by atoms with Crippen molar-refractivity contribution in [3.05, 3.63) is 35.9 Å². The predicted octanol–water partition coefficient (Wildman–Crippen LogP) is 0.999. The van der Waals surface area contributed by atoms with Crippen LogP contribution in [0.15, 0.2) is 24.5 Å². The van der Waals surface area contributed by atoms with E-state index in [0.717, 1.165) is 43.4 Å². The van der Waals surface area contributed by atoms with Crippen molar-refractivity contribution >= 4 is 11.9 Å². The lowest BCUT2D eigenvalue weighted by Gasteiger charge is -2.29. The van der Waals surface area contributed by atoms with Crippen LogP contribution < -0.4 is 4.90 Å². The van der Waals surface area contributed by atoms with Crippen molar-refractivity contribution in [2.45, 2.75) is 51.3 Å². The smallest absolute Gasteiger partial charge is 0.225 e. The van der Waals surface area contributed by atoms with E-state index >= 15 is 0 Å². The molecule has 1 amide bonds. The fourth-order valence-electron chi connectivity index (χ4n) is 3.78. The summed E-state index contributed by atoms with van der Waals surface area (Å²) in [6.07, 6.45) is 6.75. The topological polar surface area (TPSA) is 87.4 Å². The molecule has 0 bridgehead atoms. The van der Waals surface area contributed by atoms with Crippen LogP contribution >= 0.6 is 0 Å². The Morgan fingerprint density at radius 3 is 2.70 bits per heavy atom. The van der Waals surface area contributed by atoms with Crippen LogP contribution in [-0.4, -0.2) is 61.4 Å². The number of amides is 1. The van der Waals surface area contributed by atoms with Gasteiger partial charge in [-0.25, -0.2) is 9.97 Å². The SMILES string of the molecule is O=C(CCc1cc2n(n1)CCCN(c1ncccn1)C2)N1CCC(O)CC1. The summed E-state index contributed by atoms with van der Waals surface area (Å²) in [5.74, 6) is 0.903. The number of fused-ring (bicyclic) bond motifs is 1. The van der Waals surface area contributed by atoms with Gasteiger partial charge in [0.15, 0.2) is 0 Å². The molecular formula is C19H26N6O2. The third-order valence-corrected chi connectivity index (χ3v) is 5.31. The summed E-state index contributed by atoms with van der Waals surface area (Å²) in [5, 5.41) is 14.3. The minimum atomic E-state index is -0.255. The molecule has 0 aliphatic carbocycles. The van der Waals surface area contributed by atoms with Crippen molar-refractivity contribution < 1.29 is 9.90 Å². The molecule has 2 aliphatic rings. The van der Waals surface area contributed by atoms with Gasteiger partial charge in [0.1, 0.15) is 0 Å². The minimum Gasteiger partial charge on any atom is -0.393 e. The highest BCUT2D eigenvalue weighted by atomic mass is 16.3. The molecule has 1 fully saturated rings. The lowest BCUT2D eigenvalue weighted by atomic mass is 10.1. The Morgan fingerprint density at radius 1 is 1.15 bits per heavy atom. The standard InChI is InChI=1S/C19H26N6O2/c26-17-5-11-23(12-6-17)18(27)4-3-15-13-16-14-24(9-2-10-25(16)22-15)19-20-7-1-8-21-19/h1,7-8,13,17,26H,2-6,9-12,14H2. The third kappa shape index (κ3) is 4.27. The predicted molar refractivity (Wildman–Crippen MR) is 100 cm³/mol. The maximum absolute atomic E-state index is 12.4. The number of aromatic nitrogens is 4. The number of nitrogens with zero attached hydrogens (tertiary/aromatic N) is 6. The molecule has 144 valence electrons. The third-order valence-electron chi connectivity index (χ3n) is 5.31. The van der Waals surface area contributed by atoms with E-state index in [0.29, 0.717) is 38.8 Å². The van der Waals surface area contributed by atoms with Gasteiger partial charge in [-0.15, -0.1) is 0 Å². The zero-order valence-electron chi connectivity index (χ0n) is 15.5. The maximum Gasteiger partial charge on any atom is 0.225 e. The molecular weight excluding hydrogens is 344 g/mol. The molecule has 1 N–H and O–H groups in total. The number of aliphatic hydroxyl groups is 1. The molecule has 0 atom stereocenters. The van der Waals surface area contributed by atoms with E-state index in [1.54, 1.807) is 12.4 Å². The van der Waals surface area contributed by atoms with E-state index in [-0.39, 0.29) is 12.0 Å². The summed E-state index contributed by atoms with van der Waals surface area (Å²) < 4.78 is 2.06. The lowest BCUT2D eigenvalue weighted by molar-refractivity contribution is -0.133.